The predicted molar refractivity (Wildman–Crippen MR) is 103 cm³/mol. The van der Waals surface area contributed by atoms with Gasteiger partial charge in [-0.15, -0.1) is 0 Å². The minimum Gasteiger partial charge on any atom is -0.488 e. The molecule has 3 rings (SSSR count). The molecule has 0 spiro atoms. The van der Waals surface area contributed by atoms with E-state index >= 15 is 0 Å². The number of nitrogens with zero attached hydrogens (tertiary/aromatic N) is 1. The molecule has 2 atom stereocenters. The standard InChI is InChI=1S/C22H29NO3/c1-16-10-19(13-23-9-8-21(25)12-20(23)14-24)11-17(2)22(16)26-15-18-6-4-3-5-7-18/h3-7,10-11,20-21,24-25H,8-9,12-15H2,1-2H3/t20-,21?/m1/s1. The van der Waals surface area contributed by atoms with Gasteiger partial charge < -0.3 is 14.9 Å². The number of benzene rings is 2. The molecule has 2 aromatic rings. The summed E-state index contributed by atoms with van der Waals surface area (Å²) in [6.45, 7) is 6.43. The molecule has 1 aliphatic heterocycles. The molecule has 0 radical (unpaired) electrons. The average Bonchev–Trinajstić information content (AvgIpc) is 2.63. The van der Waals surface area contributed by atoms with Gasteiger partial charge in [-0.3, -0.25) is 4.90 Å². The third kappa shape index (κ3) is 4.64. The summed E-state index contributed by atoms with van der Waals surface area (Å²) < 4.78 is 6.07. The van der Waals surface area contributed by atoms with Crippen molar-refractivity contribution in [2.24, 2.45) is 0 Å². The summed E-state index contributed by atoms with van der Waals surface area (Å²) in [5.74, 6) is 0.949. The van der Waals surface area contributed by atoms with Crippen LogP contribution in [0.15, 0.2) is 42.5 Å². The van der Waals surface area contributed by atoms with Crippen molar-refractivity contribution < 1.29 is 14.9 Å². The first-order valence-electron chi connectivity index (χ1n) is 9.36. The summed E-state index contributed by atoms with van der Waals surface area (Å²) in [5, 5.41) is 19.4. The van der Waals surface area contributed by atoms with E-state index < -0.39 is 0 Å². The van der Waals surface area contributed by atoms with Crippen molar-refractivity contribution >= 4 is 0 Å². The Morgan fingerprint density at radius 3 is 2.42 bits per heavy atom. The van der Waals surface area contributed by atoms with Crippen LogP contribution in [0.1, 0.15) is 35.1 Å². The molecule has 1 aliphatic rings. The third-order valence-electron chi connectivity index (χ3n) is 5.15. The fourth-order valence-corrected chi connectivity index (χ4v) is 3.80. The zero-order valence-electron chi connectivity index (χ0n) is 15.7. The Morgan fingerprint density at radius 2 is 1.77 bits per heavy atom. The van der Waals surface area contributed by atoms with Crippen LogP contribution in [0.3, 0.4) is 0 Å². The number of aryl methyl sites for hydroxylation is 2. The first-order valence-corrected chi connectivity index (χ1v) is 9.36. The fourth-order valence-electron chi connectivity index (χ4n) is 3.80. The number of hydrogen-bond donors (Lipinski definition) is 2. The summed E-state index contributed by atoms with van der Waals surface area (Å²) in [5.41, 5.74) is 4.65. The third-order valence-corrected chi connectivity index (χ3v) is 5.15. The molecule has 4 nitrogen and oxygen atoms in total. The second kappa shape index (κ2) is 8.67. The number of hydrogen-bond acceptors (Lipinski definition) is 4. The van der Waals surface area contributed by atoms with Crippen molar-refractivity contribution in [3.63, 3.8) is 0 Å². The lowest BCUT2D eigenvalue weighted by Crippen LogP contribution is -2.45. The van der Waals surface area contributed by atoms with Crippen LogP contribution in [0, 0.1) is 13.8 Å². The molecule has 4 heteroatoms. The van der Waals surface area contributed by atoms with Crippen LogP contribution < -0.4 is 4.74 Å². The van der Waals surface area contributed by atoms with E-state index in [1.165, 1.54) is 5.56 Å². The zero-order chi connectivity index (χ0) is 18.5. The average molecular weight is 355 g/mol. The molecule has 26 heavy (non-hydrogen) atoms. The Labute approximate surface area is 156 Å². The Balaban J connectivity index is 1.68. The van der Waals surface area contributed by atoms with E-state index in [9.17, 15) is 10.2 Å². The molecule has 1 saturated heterocycles. The van der Waals surface area contributed by atoms with Crippen LogP contribution in [0.2, 0.25) is 0 Å². The highest BCUT2D eigenvalue weighted by molar-refractivity contribution is 5.43. The van der Waals surface area contributed by atoms with Crippen molar-refractivity contribution in [1.29, 1.82) is 0 Å². The summed E-state index contributed by atoms with van der Waals surface area (Å²) >= 11 is 0. The highest BCUT2D eigenvalue weighted by atomic mass is 16.5. The lowest BCUT2D eigenvalue weighted by Gasteiger charge is -2.37. The number of aliphatic hydroxyl groups is 2. The zero-order valence-corrected chi connectivity index (χ0v) is 15.7. The van der Waals surface area contributed by atoms with Gasteiger partial charge in [0, 0.05) is 19.1 Å². The molecule has 140 valence electrons. The quantitative estimate of drug-likeness (QED) is 0.835. The van der Waals surface area contributed by atoms with Crippen molar-refractivity contribution in [2.75, 3.05) is 13.2 Å². The maximum absolute atomic E-state index is 9.82. The van der Waals surface area contributed by atoms with E-state index in [-0.39, 0.29) is 18.8 Å². The number of aliphatic hydroxyl groups excluding tert-OH is 2. The second-order valence-corrected chi connectivity index (χ2v) is 7.32. The number of rotatable bonds is 6. The van der Waals surface area contributed by atoms with Crippen LogP contribution in [-0.2, 0) is 13.2 Å². The Kier molecular flexibility index (Phi) is 6.30. The summed E-state index contributed by atoms with van der Waals surface area (Å²) in [6, 6.07) is 14.6. The minimum absolute atomic E-state index is 0.0355. The molecule has 0 saturated carbocycles. The molecule has 0 aromatic heterocycles. The van der Waals surface area contributed by atoms with E-state index in [2.05, 4.69) is 43.0 Å². The largest absolute Gasteiger partial charge is 0.488 e. The topological polar surface area (TPSA) is 52.9 Å². The summed E-state index contributed by atoms with van der Waals surface area (Å²) in [7, 11) is 0. The Hall–Kier alpha value is -1.88. The normalized spacial score (nSPS) is 20.9. The molecule has 0 aliphatic carbocycles. The molecule has 1 fully saturated rings. The molecular weight excluding hydrogens is 326 g/mol. The van der Waals surface area contributed by atoms with Gasteiger partial charge in [-0.05, 0) is 48.9 Å². The van der Waals surface area contributed by atoms with Gasteiger partial charge in [0.05, 0.1) is 12.7 Å². The molecule has 0 bridgehead atoms. The smallest absolute Gasteiger partial charge is 0.125 e. The van der Waals surface area contributed by atoms with E-state index in [1.54, 1.807) is 0 Å². The SMILES string of the molecule is Cc1cc(CN2CCC(O)C[C@@H]2CO)cc(C)c1OCc1ccccc1. The van der Waals surface area contributed by atoms with Crippen LogP contribution in [0.25, 0.3) is 0 Å². The van der Waals surface area contributed by atoms with Crippen LogP contribution >= 0.6 is 0 Å². The Morgan fingerprint density at radius 1 is 1.08 bits per heavy atom. The van der Waals surface area contributed by atoms with E-state index in [0.29, 0.717) is 13.0 Å². The van der Waals surface area contributed by atoms with Crippen molar-refractivity contribution in [3.8, 4) is 5.75 Å². The molecule has 1 heterocycles. The van der Waals surface area contributed by atoms with Crippen molar-refractivity contribution in [2.45, 2.75) is 52.0 Å². The van der Waals surface area contributed by atoms with Crippen molar-refractivity contribution in [3.05, 3.63) is 64.7 Å². The molecule has 2 N–H and O–H groups in total. The van der Waals surface area contributed by atoms with Gasteiger partial charge in [0.15, 0.2) is 0 Å². The van der Waals surface area contributed by atoms with E-state index in [4.69, 9.17) is 4.74 Å². The summed E-state index contributed by atoms with van der Waals surface area (Å²) in [4.78, 5) is 2.27. The first-order chi connectivity index (χ1) is 12.6. The molecular formula is C22H29NO3. The lowest BCUT2D eigenvalue weighted by molar-refractivity contribution is 0.0129. The fraction of sp³-hybridized carbons (Fsp3) is 0.455. The summed E-state index contributed by atoms with van der Waals surface area (Å²) in [6.07, 6.45) is 1.13. The van der Waals surface area contributed by atoms with Gasteiger partial charge in [0.1, 0.15) is 12.4 Å². The minimum atomic E-state index is -0.291. The van der Waals surface area contributed by atoms with Gasteiger partial charge in [-0.2, -0.15) is 0 Å². The van der Waals surface area contributed by atoms with Gasteiger partial charge in [0.25, 0.3) is 0 Å². The van der Waals surface area contributed by atoms with Crippen LogP contribution in [-0.4, -0.2) is 40.4 Å². The number of likely N-dealkylation sites (tertiary alicyclic amines) is 1. The second-order valence-electron chi connectivity index (χ2n) is 7.32. The predicted octanol–water partition coefficient (Wildman–Crippen LogP) is 3.20. The lowest BCUT2D eigenvalue weighted by atomic mass is 9.98. The monoisotopic (exact) mass is 355 g/mol. The first kappa shape index (κ1) is 18.9. The van der Waals surface area contributed by atoms with Gasteiger partial charge in [-0.1, -0.05) is 42.5 Å². The van der Waals surface area contributed by atoms with Crippen LogP contribution in [0.5, 0.6) is 5.75 Å². The van der Waals surface area contributed by atoms with E-state index in [1.807, 2.05) is 18.2 Å². The highest BCUT2D eigenvalue weighted by Crippen LogP contribution is 2.28. The maximum Gasteiger partial charge on any atom is 0.125 e. The number of ether oxygens (including phenoxy) is 1. The molecule has 1 unspecified atom stereocenters. The van der Waals surface area contributed by atoms with Gasteiger partial charge in [0.2, 0.25) is 0 Å². The number of piperidine rings is 1. The Bertz CT molecular complexity index is 694. The van der Waals surface area contributed by atoms with E-state index in [0.717, 1.165) is 42.0 Å². The van der Waals surface area contributed by atoms with Gasteiger partial charge >= 0.3 is 0 Å². The van der Waals surface area contributed by atoms with Crippen molar-refractivity contribution in [1.82, 2.24) is 4.90 Å². The van der Waals surface area contributed by atoms with Crippen LogP contribution in [0.4, 0.5) is 0 Å². The van der Waals surface area contributed by atoms with Gasteiger partial charge in [-0.25, -0.2) is 0 Å². The highest BCUT2D eigenvalue weighted by Gasteiger charge is 2.27. The molecule has 0 amide bonds. The molecule has 2 aromatic carbocycles. The maximum atomic E-state index is 9.82.